The first-order valence-electron chi connectivity index (χ1n) is 29.3. The average molecular weight is 952 g/mol. The second-order valence-electron chi connectivity index (χ2n) is 19.5. The van der Waals surface area contributed by atoms with Crippen LogP contribution in [-0.4, -0.2) is 37.2 Å². The molecule has 0 saturated carbocycles. The Morgan fingerprint density at radius 1 is 0.309 bits per heavy atom. The second kappa shape index (κ2) is 56.7. The maximum absolute atomic E-state index is 12.8. The lowest BCUT2D eigenvalue weighted by Gasteiger charge is -2.18. The lowest BCUT2D eigenvalue weighted by Crippen LogP contribution is -2.30. The van der Waals surface area contributed by atoms with Crippen LogP contribution in [0.5, 0.6) is 0 Å². The van der Waals surface area contributed by atoms with E-state index in [2.05, 4.69) is 81.5 Å². The number of carbonyl (C=O) groups excluding carboxylic acids is 3. The summed E-state index contributed by atoms with van der Waals surface area (Å²) in [5.41, 5.74) is 0. The molecule has 6 heteroatoms. The molecule has 0 N–H and O–H groups in total. The zero-order valence-electron chi connectivity index (χ0n) is 45.1. The van der Waals surface area contributed by atoms with Crippen molar-refractivity contribution in [2.75, 3.05) is 13.2 Å². The summed E-state index contributed by atoms with van der Waals surface area (Å²) in [4.78, 5) is 37.8. The topological polar surface area (TPSA) is 78.9 Å². The summed E-state index contributed by atoms with van der Waals surface area (Å²) in [6, 6.07) is 0. The number of rotatable bonds is 53. The van der Waals surface area contributed by atoms with E-state index in [1.54, 1.807) is 0 Å². The van der Waals surface area contributed by atoms with Gasteiger partial charge in [0.15, 0.2) is 6.10 Å². The number of hydrogen-bond acceptors (Lipinski definition) is 6. The molecule has 0 radical (unpaired) electrons. The maximum atomic E-state index is 12.8. The molecule has 1 unspecified atom stereocenters. The minimum absolute atomic E-state index is 0.0790. The Balaban J connectivity index is 4.02. The van der Waals surface area contributed by atoms with E-state index in [-0.39, 0.29) is 31.1 Å². The molecule has 0 aromatic rings. The highest BCUT2D eigenvalue weighted by Crippen LogP contribution is 2.16. The van der Waals surface area contributed by atoms with Crippen molar-refractivity contribution in [2.45, 2.75) is 303 Å². The number of hydrogen-bond donors (Lipinski definition) is 0. The van der Waals surface area contributed by atoms with Crippen molar-refractivity contribution in [3.05, 3.63) is 60.8 Å². The fraction of sp³-hybridized carbons (Fsp3) is 0.790. The number of allylic oxidation sites excluding steroid dienone is 10. The SMILES string of the molecule is CC/C=C\C/C=C\C/C=C\CCCCCCCC(=O)OC(COC(=O)CCCCCCCC)COC(=O)CCCCCCCCCCCCCCCCCCC/C=C\C/C=C\CCCCCCC. The normalized spacial score (nSPS) is 12.5. The number of carbonyl (C=O) groups is 3. The molecule has 0 spiro atoms. The third-order valence-corrected chi connectivity index (χ3v) is 12.8. The van der Waals surface area contributed by atoms with Crippen molar-refractivity contribution in [2.24, 2.45) is 0 Å². The molecule has 0 fully saturated rings. The van der Waals surface area contributed by atoms with Crippen molar-refractivity contribution >= 4 is 17.9 Å². The van der Waals surface area contributed by atoms with Gasteiger partial charge in [-0.1, -0.05) is 255 Å². The fourth-order valence-electron chi connectivity index (χ4n) is 8.37. The predicted octanol–water partition coefficient (Wildman–Crippen LogP) is 19.6. The van der Waals surface area contributed by atoms with Gasteiger partial charge in [-0.2, -0.15) is 0 Å². The van der Waals surface area contributed by atoms with Gasteiger partial charge < -0.3 is 14.2 Å². The first-order chi connectivity index (χ1) is 33.5. The van der Waals surface area contributed by atoms with E-state index in [9.17, 15) is 14.4 Å². The standard InChI is InChI=1S/C62H110O6/c1-4-7-10-13-16-18-20-22-24-25-26-27-28-29-30-31-32-33-34-35-36-37-39-40-42-44-46-49-52-55-61(64)67-58-59(57-66-60(63)54-51-48-15-12-9-6-3)68-62(65)56-53-50-47-45-43-41-38-23-21-19-17-14-11-8-5-2/h8,11,17,19-20,22-23,25-26,38,59H,4-7,9-10,12-16,18,21,24,27-37,39-58H2,1-3H3/b11-8-,19-17-,22-20-,26-25-,38-23-. The van der Waals surface area contributed by atoms with Crippen molar-refractivity contribution in [1.82, 2.24) is 0 Å². The van der Waals surface area contributed by atoms with E-state index < -0.39 is 6.10 Å². The molecular formula is C62H110O6. The van der Waals surface area contributed by atoms with Crippen LogP contribution in [0.25, 0.3) is 0 Å². The molecule has 0 aliphatic rings. The average Bonchev–Trinajstić information content (AvgIpc) is 3.34. The molecule has 6 nitrogen and oxygen atoms in total. The molecule has 0 aliphatic heterocycles. The van der Waals surface area contributed by atoms with Gasteiger partial charge in [0.25, 0.3) is 0 Å². The summed E-state index contributed by atoms with van der Waals surface area (Å²) in [7, 11) is 0. The fourth-order valence-corrected chi connectivity index (χ4v) is 8.37. The van der Waals surface area contributed by atoms with Crippen LogP contribution in [0.3, 0.4) is 0 Å². The Kier molecular flexibility index (Phi) is 54.3. The summed E-state index contributed by atoms with van der Waals surface area (Å²) in [5, 5.41) is 0. The molecular weight excluding hydrogens is 841 g/mol. The zero-order chi connectivity index (χ0) is 49.3. The highest BCUT2D eigenvalue weighted by atomic mass is 16.6. The number of ether oxygens (including phenoxy) is 3. The van der Waals surface area contributed by atoms with Crippen LogP contribution in [0.2, 0.25) is 0 Å². The quantitative estimate of drug-likeness (QED) is 0.0262. The lowest BCUT2D eigenvalue weighted by atomic mass is 10.0. The summed E-state index contributed by atoms with van der Waals surface area (Å²) in [6.45, 7) is 6.46. The molecule has 394 valence electrons. The number of esters is 3. The van der Waals surface area contributed by atoms with E-state index in [0.29, 0.717) is 19.3 Å². The van der Waals surface area contributed by atoms with Gasteiger partial charge in [0.1, 0.15) is 13.2 Å². The number of unbranched alkanes of at least 4 members (excludes halogenated alkanes) is 32. The third kappa shape index (κ3) is 54.1. The lowest BCUT2D eigenvalue weighted by molar-refractivity contribution is -0.167. The second-order valence-corrected chi connectivity index (χ2v) is 19.5. The first-order valence-corrected chi connectivity index (χ1v) is 29.3. The van der Waals surface area contributed by atoms with Gasteiger partial charge in [0.2, 0.25) is 0 Å². The van der Waals surface area contributed by atoms with Crippen molar-refractivity contribution in [1.29, 1.82) is 0 Å². The van der Waals surface area contributed by atoms with Crippen LogP contribution in [0.4, 0.5) is 0 Å². The van der Waals surface area contributed by atoms with Gasteiger partial charge in [0, 0.05) is 19.3 Å². The van der Waals surface area contributed by atoms with Crippen LogP contribution in [-0.2, 0) is 28.6 Å². The van der Waals surface area contributed by atoms with Crippen LogP contribution >= 0.6 is 0 Å². The minimum atomic E-state index is -0.778. The van der Waals surface area contributed by atoms with Crippen molar-refractivity contribution in [3.8, 4) is 0 Å². The van der Waals surface area contributed by atoms with Crippen LogP contribution in [0.1, 0.15) is 297 Å². The largest absolute Gasteiger partial charge is 0.462 e. The van der Waals surface area contributed by atoms with E-state index in [1.807, 2.05) is 0 Å². The molecule has 0 amide bonds. The summed E-state index contributed by atoms with van der Waals surface area (Å²) in [5.74, 6) is -0.897. The molecule has 0 heterocycles. The Bertz CT molecular complexity index is 1230. The molecule has 0 aromatic heterocycles. The van der Waals surface area contributed by atoms with E-state index >= 15 is 0 Å². The van der Waals surface area contributed by atoms with Gasteiger partial charge in [-0.05, 0) is 83.5 Å². The monoisotopic (exact) mass is 951 g/mol. The molecule has 0 saturated heterocycles. The smallest absolute Gasteiger partial charge is 0.306 e. The molecule has 0 aliphatic carbocycles. The zero-order valence-corrected chi connectivity index (χ0v) is 45.1. The first kappa shape index (κ1) is 65.1. The maximum Gasteiger partial charge on any atom is 0.306 e. The van der Waals surface area contributed by atoms with Crippen molar-refractivity contribution in [3.63, 3.8) is 0 Å². The van der Waals surface area contributed by atoms with Crippen LogP contribution in [0, 0.1) is 0 Å². The minimum Gasteiger partial charge on any atom is -0.462 e. The molecule has 0 aromatic carbocycles. The van der Waals surface area contributed by atoms with E-state index in [4.69, 9.17) is 14.2 Å². The molecule has 0 rings (SSSR count). The molecule has 0 bridgehead atoms. The summed E-state index contributed by atoms with van der Waals surface area (Å²) >= 11 is 0. The molecule has 68 heavy (non-hydrogen) atoms. The van der Waals surface area contributed by atoms with Crippen molar-refractivity contribution < 1.29 is 28.6 Å². The summed E-state index contributed by atoms with van der Waals surface area (Å²) in [6.07, 6.45) is 71.2. The summed E-state index contributed by atoms with van der Waals surface area (Å²) < 4.78 is 16.7. The highest BCUT2D eigenvalue weighted by molar-refractivity contribution is 5.71. The van der Waals surface area contributed by atoms with Crippen LogP contribution in [0.15, 0.2) is 60.8 Å². The highest BCUT2D eigenvalue weighted by Gasteiger charge is 2.19. The Morgan fingerprint density at radius 2 is 0.574 bits per heavy atom. The van der Waals surface area contributed by atoms with Gasteiger partial charge >= 0.3 is 17.9 Å². The Labute approximate surface area is 421 Å². The van der Waals surface area contributed by atoms with Gasteiger partial charge in [-0.25, -0.2) is 0 Å². The Hall–Kier alpha value is -2.89. The predicted molar refractivity (Wildman–Crippen MR) is 293 cm³/mol. The van der Waals surface area contributed by atoms with E-state index in [0.717, 1.165) is 103 Å². The van der Waals surface area contributed by atoms with Gasteiger partial charge in [0.05, 0.1) is 0 Å². The molecule has 1 atom stereocenters. The van der Waals surface area contributed by atoms with Gasteiger partial charge in [-0.15, -0.1) is 0 Å². The third-order valence-electron chi connectivity index (χ3n) is 12.8. The van der Waals surface area contributed by atoms with Crippen LogP contribution < -0.4 is 0 Å². The van der Waals surface area contributed by atoms with E-state index in [1.165, 1.54) is 154 Å². The van der Waals surface area contributed by atoms with Gasteiger partial charge in [-0.3, -0.25) is 14.4 Å². The Morgan fingerprint density at radius 3 is 0.897 bits per heavy atom.